The number of hydrogen-bond donors (Lipinski definition) is 0. The summed E-state index contributed by atoms with van der Waals surface area (Å²) in [5, 5.41) is 0. The SMILES string of the molecule is CC(C)(C)c1c(C2COC2)cncc1S(C)(=O)=O. The molecule has 0 spiro atoms. The Kier molecular flexibility index (Phi) is 3.23. The monoisotopic (exact) mass is 269 g/mol. The third-order valence-corrected chi connectivity index (χ3v) is 4.28. The molecule has 0 radical (unpaired) electrons. The van der Waals surface area contributed by atoms with Crippen molar-refractivity contribution in [2.45, 2.75) is 37.0 Å². The molecule has 5 heteroatoms. The van der Waals surface area contributed by atoms with E-state index in [1.54, 1.807) is 6.20 Å². The summed E-state index contributed by atoms with van der Waals surface area (Å²) < 4.78 is 29.0. The van der Waals surface area contributed by atoms with E-state index in [9.17, 15) is 8.42 Å². The summed E-state index contributed by atoms with van der Waals surface area (Å²) in [5.41, 5.74) is 1.66. The third-order valence-electron chi connectivity index (χ3n) is 3.17. The Morgan fingerprint density at radius 3 is 2.28 bits per heavy atom. The highest BCUT2D eigenvalue weighted by molar-refractivity contribution is 7.90. The van der Waals surface area contributed by atoms with Crippen molar-refractivity contribution in [2.24, 2.45) is 0 Å². The molecule has 18 heavy (non-hydrogen) atoms. The van der Waals surface area contributed by atoms with Gasteiger partial charge < -0.3 is 4.74 Å². The summed E-state index contributed by atoms with van der Waals surface area (Å²) in [6.07, 6.45) is 4.47. The van der Waals surface area contributed by atoms with Crippen LogP contribution in [0.5, 0.6) is 0 Å². The van der Waals surface area contributed by atoms with Gasteiger partial charge in [0.2, 0.25) is 0 Å². The molecule has 1 aromatic rings. The normalized spacial score (nSPS) is 17.6. The van der Waals surface area contributed by atoms with Crippen LogP contribution in [0.15, 0.2) is 17.3 Å². The fourth-order valence-corrected chi connectivity index (χ4v) is 3.31. The van der Waals surface area contributed by atoms with Gasteiger partial charge in [0.25, 0.3) is 0 Å². The van der Waals surface area contributed by atoms with Crippen LogP contribution in [0.3, 0.4) is 0 Å². The van der Waals surface area contributed by atoms with Gasteiger partial charge in [-0.05, 0) is 16.5 Å². The van der Waals surface area contributed by atoms with E-state index in [4.69, 9.17) is 4.74 Å². The van der Waals surface area contributed by atoms with Crippen LogP contribution in [0.1, 0.15) is 37.8 Å². The van der Waals surface area contributed by atoms with Gasteiger partial charge in [-0.3, -0.25) is 4.98 Å². The van der Waals surface area contributed by atoms with Crippen molar-refractivity contribution < 1.29 is 13.2 Å². The summed E-state index contributed by atoms with van der Waals surface area (Å²) in [6.45, 7) is 7.38. The van der Waals surface area contributed by atoms with Gasteiger partial charge in [-0.15, -0.1) is 0 Å². The number of pyridine rings is 1. The predicted octanol–water partition coefficient (Wildman–Crippen LogP) is 1.90. The van der Waals surface area contributed by atoms with Crippen LogP contribution in [0.25, 0.3) is 0 Å². The highest BCUT2D eigenvalue weighted by Crippen LogP contribution is 2.37. The van der Waals surface area contributed by atoms with Crippen molar-refractivity contribution in [1.29, 1.82) is 0 Å². The molecule has 4 nitrogen and oxygen atoms in total. The first-order chi connectivity index (χ1) is 8.21. The first kappa shape index (κ1) is 13.5. The Morgan fingerprint density at radius 2 is 1.89 bits per heavy atom. The first-order valence-corrected chi connectivity index (χ1v) is 7.86. The maximum absolute atomic E-state index is 11.9. The quantitative estimate of drug-likeness (QED) is 0.823. The van der Waals surface area contributed by atoms with Crippen LogP contribution >= 0.6 is 0 Å². The molecular weight excluding hydrogens is 250 g/mol. The zero-order chi connectivity index (χ0) is 13.6. The second-order valence-electron chi connectivity index (χ2n) is 5.86. The lowest BCUT2D eigenvalue weighted by molar-refractivity contribution is 0.00750. The fourth-order valence-electron chi connectivity index (χ4n) is 2.27. The molecule has 1 aromatic heterocycles. The highest BCUT2D eigenvalue weighted by atomic mass is 32.2. The van der Waals surface area contributed by atoms with E-state index in [1.165, 1.54) is 12.5 Å². The van der Waals surface area contributed by atoms with E-state index in [0.29, 0.717) is 18.1 Å². The molecule has 0 aliphatic carbocycles. The topological polar surface area (TPSA) is 56.3 Å². The van der Waals surface area contributed by atoms with Crippen molar-refractivity contribution in [3.63, 3.8) is 0 Å². The average molecular weight is 269 g/mol. The maximum atomic E-state index is 11.9. The summed E-state index contributed by atoms with van der Waals surface area (Å²) in [4.78, 5) is 4.44. The zero-order valence-corrected chi connectivity index (χ0v) is 12.0. The fraction of sp³-hybridized carbons (Fsp3) is 0.615. The average Bonchev–Trinajstić information content (AvgIpc) is 2.11. The number of rotatable bonds is 2. The maximum Gasteiger partial charge on any atom is 0.177 e. The Hall–Kier alpha value is -0.940. The Morgan fingerprint density at radius 1 is 1.28 bits per heavy atom. The van der Waals surface area contributed by atoms with Gasteiger partial charge in [0.15, 0.2) is 9.84 Å². The van der Waals surface area contributed by atoms with E-state index >= 15 is 0 Å². The molecule has 1 fully saturated rings. The largest absolute Gasteiger partial charge is 0.380 e. The Labute approximate surface area is 108 Å². The summed E-state index contributed by atoms with van der Waals surface area (Å²) in [6, 6.07) is 0. The van der Waals surface area contributed by atoms with Gasteiger partial charge in [0.05, 0.1) is 18.1 Å². The van der Waals surface area contributed by atoms with Crippen LogP contribution in [-0.2, 0) is 20.0 Å². The van der Waals surface area contributed by atoms with E-state index < -0.39 is 9.84 Å². The molecule has 0 unspecified atom stereocenters. The standard InChI is InChI=1S/C13H19NO3S/c1-13(2,3)12-10(9-7-17-8-9)5-14-6-11(12)18(4,15)16/h5-6,9H,7-8H2,1-4H3. The molecule has 1 aliphatic heterocycles. The summed E-state index contributed by atoms with van der Waals surface area (Å²) >= 11 is 0. The van der Waals surface area contributed by atoms with Crippen LogP contribution in [0, 0.1) is 0 Å². The Balaban J connectivity index is 2.68. The lowest BCUT2D eigenvalue weighted by atomic mass is 9.80. The molecule has 0 bridgehead atoms. The molecule has 0 N–H and O–H groups in total. The van der Waals surface area contributed by atoms with Crippen LogP contribution in [-0.4, -0.2) is 32.9 Å². The van der Waals surface area contributed by atoms with E-state index in [0.717, 1.165) is 11.1 Å². The van der Waals surface area contributed by atoms with Crippen LogP contribution in [0.4, 0.5) is 0 Å². The molecule has 1 saturated heterocycles. The summed E-state index contributed by atoms with van der Waals surface area (Å²) in [5.74, 6) is 0.272. The van der Waals surface area contributed by atoms with Crippen molar-refractivity contribution in [1.82, 2.24) is 4.98 Å². The molecule has 1 aliphatic rings. The van der Waals surface area contributed by atoms with Gasteiger partial charge in [-0.2, -0.15) is 0 Å². The van der Waals surface area contributed by atoms with Crippen molar-refractivity contribution >= 4 is 9.84 Å². The van der Waals surface area contributed by atoms with Crippen LogP contribution < -0.4 is 0 Å². The van der Waals surface area contributed by atoms with Crippen molar-refractivity contribution in [3.8, 4) is 0 Å². The lowest BCUT2D eigenvalue weighted by Gasteiger charge is -2.33. The second-order valence-corrected chi connectivity index (χ2v) is 7.84. The third kappa shape index (κ3) is 2.42. The van der Waals surface area contributed by atoms with Gasteiger partial charge in [0.1, 0.15) is 0 Å². The zero-order valence-electron chi connectivity index (χ0n) is 11.2. The van der Waals surface area contributed by atoms with Crippen molar-refractivity contribution in [2.75, 3.05) is 19.5 Å². The van der Waals surface area contributed by atoms with Gasteiger partial charge in [-0.1, -0.05) is 20.8 Å². The molecule has 0 atom stereocenters. The number of sulfone groups is 1. The molecule has 0 saturated carbocycles. The number of aromatic nitrogens is 1. The van der Waals surface area contributed by atoms with Gasteiger partial charge in [0, 0.05) is 24.6 Å². The van der Waals surface area contributed by atoms with E-state index in [1.807, 2.05) is 20.8 Å². The van der Waals surface area contributed by atoms with Crippen molar-refractivity contribution in [3.05, 3.63) is 23.5 Å². The predicted molar refractivity (Wildman–Crippen MR) is 69.6 cm³/mol. The lowest BCUT2D eigenvalue weighted by Crippen LogP contribution is -2.30. The molecule has 2 heterocycles. The molecule has 0 aromatic carbocycles. The Bertz CT molecular complexity index is 554. The highest BCUT2D eigenvalue weighted by Gasteiger charge is 2.32. The minimum Gasteiger partial charge on any atom is -0.380 e. The minimum atomic E-state index is -3.26. The first-order valence-electron chi connectivity index (χ1n) is 5.97. The minimum absolute atomic E-state index is 0.230. The number of hydrogen-bond acceptors (Lipinski definition) is 4. The number of ether oxygens (including phenoxy) is 1. The van der Waals surface area contributed by atoms with Gasteiger partial charge >= 0.3 is 0 Å². The molecule has 2 rings (SSSR count). The molecule has 100 valence electrons. The van der Waals surface area contributed by atoms with E-state index in [2.05, 4.69) is 4.98 Å². The molecule has 0 amide bonds. The second kappa shape index (κ2) is 4.31. The van der Waals surface area contributed by atoms with E-state index in [-0.39, 0.29) is 11.3 Å². The summed E-state index contributed by atoms with van der Waals surface area (Å²) in [7, 11) is -3.26. The van der Waals surface area contributed by atoms with Gasteiger partial charge in [-0.25, -0.2) is 8.42 Å². The number of nitrogens with zero attached hydrogens (tertiary/aromatic N) is 1. The smallest absolute Gasteiger partial charge is 0.177 e. The van der Waals surface area contributed by atoms with Crippen LogP contribution in [0.2, 0.25) is 0 Å². The molecular formula is C13H19NO3S.